The summed E-state index contributed by atoms with van der Waals surface area (Å²) in [5.74, 6) is -0.282. The lowest BCUT2D eigenvalue weighted by molar-refractivity contribution is 0.0377. The molecule has 0 saturated carbocycles. The highest BCUT2D eigenvalue weighted by atomic mass is 16.5. The quantitative estimate of drug-likeness (QED) is 0.699. The molecule has 5 heteroatoms. The minimum Gasteiger partial charge on any atom is -0.459 e. The van der Waals surface area contributed by atoms with Crippen LogP contribution in [0.2, 0.25) is 0 Å². The molecule has 0 aliphatic carbocycles. The number of pyridine rings is 1. The predicted octanol–water partition coefficient (Wildman–Crippen LogP) is 4.70. The number of carbonyl (C=O) groups is 1. The van der Waals surface area contributed by atoms with Gasteiger partial charge in [0.1, 0.15) is 0 Å². The fourth-order valence-corrected chi connectivity index (χ4v) is 3.43. The molecule has 0 N–H and O–H groups in total. The molecule has 2 aromatic rings. The number of fused-ring (bicyclic) bond motifs is 1. The van der Waals surface area contributed by atoms with E-state index in [1.807, 2.05) is 40.7 Å². The SMILES string of the molecule is C=C(c1c(C)c(C(=O)OC(C)C)cc2cc(CC)cn12)N1CCOCC1.CC. The number of esters is 1. The van der Waals surface area contributed by atoms with Gasteiger partial charge in [0, 0.05) is 24.8 Å². The van der Waals surface area contributed by atoms with Crippen LogP contribution >= 0.6 is 0 Å². The number of aryl methyl sites for hydroxylation is 1. The van der Waals surface area contributed by atoms with E-state index in [4.69, 9.17) is 9.47 Å². The van der Waals surface area contributed by atoms with E-state index in [0.29, 0.717) is 18.8 Å². The van der Waals surface area contributed by atoms with Gasteiger partial charge in [-0.2, -0.15) is 0 Å². The number of aromatic nitrogens is 1. The summed E-state index contributed by atoms with van der Waals surface area (Å²) in [6.07, 6.45) is 2.93. The summed E-state index contributed by atoms with van der Waals surface area (Å²) < 4.78 is 13.1. The Bertz CT molecular complexity index is 830. The largest absolute Gasteiger partial charge is 0.459 e. The molecule has 154 valence electrons. The van der Waals surface area contributed by atoms with Crippen molar-refractivity contribution in [2.45, 2.75) is 54.1 Å². The molecule has 0 atom stereocenters. The summed E-state index contributed by atoms with van der Waals surface area (Å²) in [5.41, 5.74) is 5.63. The first-order valence-corrected chi connectivity index (χ1v) is 10.3. The molecule has 5 nitrogen and oxygen atoms in total. The Kier molecular flexibility index (Phi) is 7.69. The standard InChI is InChI=1S/C21H28N2O3.C2H6/c1-6-17-11-18-12-19(21(24)26-14(2)3)15(4)20(23(18)13-17)16(5)22-7-9-25-10-8-22;1-2/h11-14H,5-10H2,1-4H3;1-2H3. The van der Waals surface area contributed by atoms with Crippen molar-refractivity contribution in [3.63, 3.8) is 0 Å². The second kappa shape index (κ2) is 9.78. The molecule has 0 spiro atoms. The summed E-state index contributed by atoms with van der Waals surface area (Å²) in [4.78, 5) is 14.9. The molecular formula is C23H34N2O3. The first-order valence-electron chi connectivity index (χ1n) is 10.3. The molecule has 28 heavy (non-hydrogen) atoms. The van der Waals surface area contributed by atoms with Crippen LogP contribution in [0.3, 0.4) is 0 Å². The average Bonchev–Trinajstić information content (AvgIpc) is 3.11. The average molecular weight is 387 g/mol. The van der Waals surface area contributed by atoms with Gasteiger partial charge in [-0.05, 0) is 50.5 Å². The molecule has 2 aromatic heterocycles. The van der Waals surface area contributed by atoms with Crippen molar-refractivity contribution in [1.29, 1.82) is 0 Å². The number of ether oxygens (including phenoxy) is 2. The van der Waals surface area contributed by atoms with E-state index in [2.05, 4.69) is 35.1 Å². The summed E-state index contributed by atoms with van der Waals surface area (Å²) >= 11 is 0. The molecule has 0 amide bonds. The Morgan fingerprint density at radius 3 is 2.46 bits per heavy atom. The van der Waals surface area contributed by atoms with Gasteiger partial charge < -0.3 is 18.8 Å². The van der Waals surface area contributed by atoms with Crippen LogP contribution in [0.15, 0.2) is 24.9 Å². The van der Waals surface area contributed by atoms with E-state index < -0.39 is 0 Å². The van der Waals surface area contributed by atoms with Crippen LogP contribution in [-0.4, -0.2) is 47.7 Å². The van der Waals surface area contributed by atoms with Crippen LogP contribution in [-0.2, 0) is 15.9 Å². The number of morpholine rings is 1. The van der Waals surface area contributed by atoms with Crippen molar-refractivity contribution < 1.29 is 14.3 Å². The smallest absolute Gasteiger partial charge is 0.338 e. The zero-order valence-corrected chi connectivity index (χ0v) is 18.2. The van der Waals surface area contributed by atoms with Crippen LogP contribution in [0.5, 0.6) is 0 Å². The second-order valence-corrected chi connectivity index (χ2v) is 7.03. The maximum Gasteiger partial charge on any atom is 0.338 e. The van der Waals surface area contributed by atoms with Crippen LogP contribution in [0.4, 0.5) is 0 Å². The van der Waals surface area contributed by atoms with Gasteiger partial charge in [-0.15, -0.1) is 0 Å². The molecule has 0 unspecified atom stereocenters. The molecule has 1 aliphatic heterocycles. The molecule has 0 aromatic carbocycles. The van der Waals surface area contributed by atoms with Crippen molar-refractivity contribution in [3.8, 4) is 0 Å². The minimum absolute atomic E-state index is 0.151. The summed E-state index contributed by atoms with van der Waals surface area (Å²) in [5, 5.41) is 0. The zero-order valence-electron chi connectivity index (χ0n) is 18.2. The highest BCUT2D eigenvalue weighted by molar-refractivity contribution is 5.94. The Morgan fingerprint density at radius 2 is 1.89 bits per heavy atom. The topological polar surface area (TPSA) is 43.2 Å². The first-order chi connectivity index (χ1) is 13.4. The second-order valence-electron chi connectivity index (χ2n) is 7.03. The van der Waals surface area contributed by atoms with E-state index in [-0.39, 0.29) is 12.1 Å². The number of carbonyl (C=O) groups excluding carboxylic acids is 1. The van der Waals surface area contributed by atoms with E-state index in [1.54, 1.807) is 0 Å². The molecule has 1 fully saturated rings. The Hall–Kier alpha value is -2.27. The van der Waals surface area contributed by atoms with Crippen molar-refractivity contribution in [2.75, 3.05) is 26.3 Å². The monoisotopic (exact) mass is 386 g/mol. The van der Waals surface area contributed by atoms with E-state index in [1.165, 1.54) is 5.56 Å². The van der Waals surface area contributed by atoms with E-state index >= 15 is 0 Å². The highest BCUT2D eigenvalue weighted by Crippen LogP contribution is 2.28. The number of rotatable bonds is 5. The van der Waals surface area contributed by atoms with Crippen molar-refractivity contribution in [3.05, 3.63) is 47.3 Å². The van der Waals surface area contributed by atoms with Gasteiger partial charge in [-0.3, -0.25) is 0 Å². The maximum absolute atomic E-state index is 12.7. The van der Waals surface area contributed by atoms with Gasteiger partial charge in [-0.25, -0.2) is 4.79 Å². The maximum atomic E-state index is 12.7. The summed E-state index contributed by atoms with van der Waals surface area (Å²) in [7, 11) is 0. The third-order valence-corrected chi connectivity index (χ3v) is 4.84. The van der Waals surface area contributed by atoms with Gasteiger partial charge >= 0.3 is 5.97 Å². The molecule has 1 aliphatic rings. The summed E-state index contributed by atoms with van der Waals surface area (Å²) in [6, 6.07) is 4.05. The van der Waals surface area contributed by atoms with Gasteiger partial charge in [0.05, 0.1) is 36.3 Å². The molecule has 0 bridgehead atoms. The zero-order chi connectivity index (χ0) is 20.8. The van der Waals surface area contributed by atoms with E-state index in [9.17, 15) is 4.79 Å². The highest BCUT2D eigenvalue weighted by Gasteiger charge is 2.23. The molecule has 0 radical (unpaired) electrons. The number of hydrogen-bond donors (Lipinski definition) is 0. The number of hydrogen-bond acceptors (Lipinski definition) is 4. The Morgan fingerprint density at radius 1 is 1.25 bits per heavy atom. The third kappa shape index (κ3) is 4.58. The fourth-order valence-electron chi connectivity index (χ4n) is 3.43. The van der Waals surface area contributed by atoms with E-state index in [0.717, 1.165) is 42.0 Å². The van der Waals surface area contributed by atoms with Gasteiger partial charge in [0.2, 0.25) is 0 Å². The number of nitrogens with zero attached hydrogens (tertiary/aromatic N) is 2. The van der Waals surface area contributed by atoms with Gasteiger partial charge in [0.15, 0.2) is 0 Å². The normalized spacial score (nSPS) is 14.0. The summed E-state index contributed by atoms with van der Waals surface area (Å²) in [6.45, 7) is 19.2. The molecule has 3 rings (SSSR count). The lowest BCUT2D eigenvalue weighted by Crippen LogP contribution is -2.35. The third-order valence-electron chi connectivity index (χ3n) is 4.84. The minimum atomic E-state index is -0.282. The van der Waals surface area contributed by atoms with Gasteiger partial charge in [0.25, 0.3) is 0 Å². The predicted molar refractivity (Wildman–Crippen MR) is 115 cm³/mol. The van der Waals surface area contributed by atoms with Gasteiger partial charge in [-0.1, -0.05) is 27.4 Å². The van der Waals surface area contributed by atoms with Crippen LogP contribution in [0.25, 0.3) is 11.2 Å². The fraction of sp³-hybridized carbons (Fsp3) is 0.522. The van der Waals surface area contributed by atoms with Crippen molar-refractivity contribution >= 4 is 17.2 Å². The lowest BCUT2D eigenvalue weighted by Gasteiger charge is -2.31. The first kappa shape index (κ1) is 22.0. The molecule has 1 saturated heterocycles. The van der Waals surface area contributed by atoms with Crippen LogP contribution in [0, 0.1) is 6.92 Å². The molecular weight excluding hydrogens is 352 g/mol. The lowest BCUT2D eigenvalue weighted by atomic mass is 10.0. The van der Waals surface area contributed by atoms with Crippen LogP contribution in [0.1, 0.15) is 61.8 Å². The van der Waals surface area contributed by atoms with Crippen LogP contribution < -0.4 is 0 Å². The Labute approximate surface area is 168 Å². The Balaban J connectivity index is 0.00000136. The molecule has 3 heterocycles. The van der Waals surface area contributed by atoms with Crippen molar-refractivity contribution in [1.82, 2.24) is 9.30 Å². The van der Waals surface area contributed by atoms with Crippen molar-refractivity contribution in [2.24, 2.45) is 0 Å².